The van der Waals surface area contributed by atoms with E-state index in [-0.39, 0.29) is 11.2 Å². The van der Waals surface area contributed by atoms with E-state index >= 15 is 0 Å². The molecular weight excluding hydrogens is 370 g/mol. The number of aryl methyl sites for hydroxylation is 1. The van der Waals surface area contributed by atoms with E-state index in [2.05, 4.69) is 6.07 Å². The summed E-state index contributed by atoms with van der Waals surface area (Å²) in [5.74, 6) is 1.44. The van der Waals surface area contributed by atoms with Crippen LogP contribution in [0.25, 0.3) is 10.9 Å². The molecule has 150 valence electrons. The largest absolute Gasteiger partial charge is 0.447 e. The maximum atomic E-state index is 11.8. The van der Waals surface area contributed by atoms with Gasteiger partial charge in [-0.15, -0.1) is 0 Å². The Hall–Kier alpha value is -2.83. The highest BCUT2D eigenvalue weighted by molar-refractivity contribution is 5.79. The van der Waals surface area contributed by atoms with Gasteiger partial charge in [-0.3, -0.25) is 4.79 Å². The molecule has 3 aromatic rings. The molecule has 0 bridgehead atoms. The van der Waals surface area contributed by atoms with E-state index in [1.165, 1.54) is 0 Å². The molecule has 0 amide bonds. The van der Waals surface area contributed by atoms with Gasteiger partial charge in [-0.2, -0.15) is 0 Å². The fraction of sp³-hybridized carbons (Fsp3) is 0.348. The standard InChI is InChI=1S/C23H23NO5/c1-24-18-6-3-16(13-15(18)4-8-21(24)25)22-28-19-7-5-17(14-20(19)29-22)23(26-2)9-11-27-12-10-23/h3-8,13-14,22H,9-12H2,1-2H3. The van der Waals surface area contributed by atoms with Crippen molar-refractivity contribution in [2.24, 2.45) is 7.05 Å². The van der Waals surface area contributed by atoms with Gasteiger partial charge in [-0.1, -0.05) is 6.07 Å². The maximum Gasteiger partial charge on any atom is 0.267 e. The lowest BCUT2D eigenvalue weighted by molar-refractivity contribution is -0.0948. The van der Waals surface area contributed by atoms with Crippen molar-refractivity contribution in [3.05, 3.63) is 70.0 Å². The van der Waals surface area contributed by atoms with Gasteiger partial charge in [-0.25, -0.2) is 0 Å². The van der Waals surface area contributed by atoms with Gasteiger partial charge in [0.1, 0.15) is 0 Å². The highest BCUT2D eigenvalue weighted by Gasteiger charge is 2.36. The van der Waals surface area contributed by atoms with Crippen molar-refractivity contribution in [1.29, 1.82) is 0 Å². The van der Waals surface area contributed by atoms with Gasteiger partial charge in [0, 0.05) is 51.8 Å². The lowest BCUT2D eigenvalue weighted by Crippen LogP contribution is -2.35. The number of nitrogens with zero attached hydrogens (tertiary/aromatic N) is 1. The lowest BCUT2D eigenvalue weighted by atomic mass is 9.86. The van der Waals surface area contributed by atoms with Crippen LogP contribution < -0.4 is 15.0 Å². The predicted molar refractivity (Wildman–Crippen MR) is 108 cm³/mol. The molecule has 5 rings (SSSR count). The van der Waals surface area contributed by atoms with E-state index in [9.17, 15) is 4.79 Å². The van der Waals surface area contributed by atoms with Crippen molar-refractivity contribution in [2.45, 2.75) is 24.7 Å². The van der Waals surface area contributed by atoms with Crippen molar-refractivity contribution in [2.75, 3.05) is 20.3 Å². The SMILES string of the molecule is COC1(c2ccc3c(c2)OC(c2ccc4c(ccc(=O)n4C)c2)O3)CCOCC1. The normalized spacial score (nSPS) is 20.1. The van der Waals surface area contributed by atoms with Gasteiger partial charge in [0.25, 0.3) is 11.8 Å². The third-order valence-corrected chi connectivity index (χ3v) is 6.05. The minimum absolute atomic E-state index is 0.0289. The van der Waals surface area contributed by atoms with Crippen LogP contribution >= 0.6 is 0 Å². The quantitative estimate of drug-likeness (QED) is 0.680. The van der Waals surface area contributed by atoms with Crippen LogP contribution in [0.5, 0.6) is 11.5 Å². The zero-order valence-electron chi connectivity index (χ0n) is 16.5. The topological polar surface area (TPSA) is 58.9 Å². The third kappa shape index (κ3) is 2.99. The Morgan fingerprint density at radius 2 is 1.79 bits per heavy atom. The van der Waals surface area contributed by atoms with Crippen LogP contribution in [-0.2, 0) is 22.1 Å². The molecule has 1 unspecified atom stereocenters. The van der Waals surface area contributed by atoms with E-state index in [4.69, 9.17) is 18.9 Å². The summed E-state index contributed by atoms with van der Waals surface area (Å²) in [5, 5.41) is 0.967. The second-order valence-electron chi connectivity index (χ2n) is 7.59. The highest BCUT2D eigenvalue weighted by Crippen LogP contribution is 2.45. The van der Waals surface area contributed by atoms with Gasteiger partial charge in [-0.05, 0) is 47.3 Å². The van der Waals surface area contributed by atoms with Crippen molar-refractivity contribution in [1.82, 2.24) is 4.57 Å². The molecule has 0 aliphatic carbocycles. The Morgan fingerprint density at radius 1 is 1.00 bits per heavy atom. The third-order valence-electron chi connectivity index (χ3n) is 6.05. The first-order valence-electron chi connectivity index (χ1n) is 9.80. The van der Waals surface area contributed by atoms with Gasteiger partial charge < -0.3 is 23.5 Å². The summed E-state index contributed by atoms with van der Waals surface area (Å²) in [5.41, 5.74) is 2.49. The van der Waals surface area contributed by atoms with E-state index < -0.39 is 6.29 Å². The predicted octanol–water partition coefficient (Wildman–Crippen LogP) is 3.66. The number of hydrogen-bond acceptors (Lipinski definition) is 5. The molecule has 6 heteroatoms. The van der Waals surface area contributed by atoms with Crippen LogP contribution in [-0.4, -0.2) is 24.9 Å². The number of aromatic nitrogens is 1. The van der Waals surface area contributed by atoms with Gasteiger partial charge in [0.05, 0.1) is 11.1 Å². The summed E-state index contributed by atoms with van der Waals surface area (Å²) < 4.78 is 25.2. The van der Waals surface area contributed by atoms with Crippen LogP contribution in [0.3, 0.4) is 0 Å². The van der Waals surface area contributed by atoms with Crippen molar-refractivity contribution in [3.63, 3.8) is 0 Å². The maximum absolute atomic E-state index is 11.8. The molecule has 3 heterocycles. The monoisotopic (exact) mass is 393 g/mol. The van der Waals surface area contributed by atoms with E-state index in [1.807, 2.05) is 36.4 Å². The number of methoxy groups -OCH3 is 1. The van der Waals surface area contributed by atoms with E-state index in [0.717, 1.165) is 46.4 Å². The molecule has 2 aromatic carbocycles. The average Bonchev–Trinajstić information content (AvgIpc) is 3.20. The van der Waals surface area contributed by atoms with Crippen LogP contribution in [0.2, 0.25) is 0 Å². The highest BCUT2D eigenvalue weighted by atomic mass is 16.7. The summed E-state index contributed by atoms with van der Waals surface area (Å²) >= 11 is 0. The number of hydrogen-bond donors (Lipinski definition) is 0. The molecule has 1 atom stereocenters. The fourth-order valence-corrected chi connectivity index (χ4v) is 4.23. The van der Waals surface area contributed by atoms with Crippen molar-refractivity contribution < 1.29 is 18.9 Å². The Kier molecular flexibility index (Phi) is 4.33. The Balaban J connectivity index is 1.45. The summed E-state index contributed by atoms with van der Waals surface area (Å²) in [7, 11) is 3.52. The van der Waals surface area contributed by atoms with Crippen molar-refractivity contribution in [3.8, 4) is 11.5 Å². The average molecular weight is 393 g/mol. The van der Waals surface area contributed by atoms with Gasteiger partial charge >= 0.3 is 0 Å². The molecule has 6 nitrogen and oxygen atoms in total. The van der Waals surface area contributed by atoms with Gasteiger partial charge in [0.2, 0.25) is 0 Å². The summed E-state index contributed by atoms with van der Waals surface area (Å²) in [6.45, 7) is 1.37. The van der Waals surface area contributed by atoms with Crippen LogP contribution in [0.15, 0.2) is 53.3 Å². The lowest BCUT2D eigenvalue weighted by Gasteiger charge is -2.36. The molecule has 0 saturated carbocycles. The number of rotatable bonds is 3. The number of benzene rings is 2. The minimum Gasteiger partial charge on any atom is -0.447 e. The van der Waals surface area contributed by atoms with E-state index in [0.29, 0.717) is 13.2 Å². The zero-order chi connectivity index (χ0) is 20.0. The van der Waals surface area contributed by atoms with E-state index in [1.54, 1.807) is 24.8 Å². The molecule has 1 aromatic heterocycles. The second kappa shape index (κ2) is 6.90. The van der Waals surface area contributed by atoms with Crippen LogP contribution in [0.1, 0.15) is 30.3 Å². The first-order valence-corrected chi connectivity index (χ1v) is 9.80. The molecule has 1 fully saturated rings. The first kappa shape index (κ1) is 18.2. The molecule has 0 N–H and O–H groups in total. The number of fused-ring (bicyclic) bond motifs is 2. The zero-order valence-corrected chi connectivity index (χ0v) is 16.5. The summed E-state index contributed by atoms with van der Waals surface area (Å²) in [6, 6.07) is 15.3. The smallest absolute Gasteiger partial charge is 0.267 e. The van der Waals surface area contributed by atoms with Crippen molar-refractivity contribution >= 4 is 10.9 Å². The Labute approximate surface area is 168 Å². The Morgan fingerprint density at radius 3 is 2.59 bits per heavy atom. The number of ether oxygens (including phenoxy) is 4. The summed E-state index contributed by atoms with van der Waals surface area (Å²) in [6.07, 6.45) is 1.11. The minimum atomic E-state index is -0.518. The first-order chi connectivity index (χ1) is 14.1. The second-order valence-corrected chi connectivity index (χ2v) is 7.59. The van der Waals surface area contributed by atoms with Gasteiger partial charge in [0.15, 0.2) is 11.5 Å². The molecule has 0 radical (unpaired) electrons. The molecular formula is C23H23NO5. The fourth-order valence-electron chi connectivity index (χ4n) is 4.23. The van der Waals surface area contributed by atoms with Crippen LogP contribution in [0.4, 0.5) is 0 Å². The molecule has 2 aliphatic heterocycles. The molecule has 0 spiro atoms. The van der Waals surface area contributed by atoms with Crippen LogP contribution in [0, 0.1) is 0 Å². The Bertz CT molecular complexity index is 1130. The number of pyridine rings is 1. The molecule has 29 heavy (non-hydrogen) atoms. The molecule has 2 aliphatic rings. The molecule has 1 saturated heterocycles. The summed E-state index contributed by atoms with van der Waals surface area (Å²) in [4.78, 5) is 11.8.